The molecule has 2 amide bonds. The maximum atomic E-state index is 12.2. The molecule has 5 nitrogen and oxygen atoms in total. The van der Waals surface area contributed by atoms with Crippen LogP contribution < -0.4 is 5.32 Å². The van der Waals surface area contributed by atoms with Gasteiger partial charge >= 0.3 is 0 Å². The van der Waals surface area contributed by atoms with Crippen LogP contribution in [0.2, 0.25) is 0 Å². The third-order valence-corrected chi connectivity index (χ3v) is 5.42. The molecule has 1 aromatic rings. The molecule has 0 aromatic heterocycles. The van der Waals surface area contributed by atoms with Crippen LogP contribution in [0.15, 0.2) is 40.3 Å². The van der Waals surface area contributed by atoms with Gasteiger partial charge in [0.25, 0.3) is 5.91 Å². The molecule has 1 fully saturated rings. The number of benzene rings is 1. The summed E-state index contributed by atoms with van der Waals surface area (Å²) < 4.78 is 0.119. The summed E-state index contributed by atoms with van der Waals surface area (Å²) in [5.74, 6) is -0.200. The van der Waals surface area contributed by atoms with E-state index in [0.717, 1.165) is 12.8 Å². The molecule has 116 valence electrons. The highest BCUT2D eigenvalue weighted by Crippen LogP contribution is 2.51. The maximum Gasteiger partial charge on any atom is 0.267 e. The molecule has 1 N–H and O–H groups in total. The van der Waals surface area contributed by atoms with Crippen molar-refractivity contribution in [3.05, 3.63) is 30.3 Å². The van der Waals surface area contributed by atoms with Crippen LogP contribution in [0.3, 0.4) is 0 Å². The zero-order valence-electron chi connectivity index (χ0n) is 12.5. The third kappa shape index (κ3) is 3.50. The van der Waals surface area contributed by atoms with Crippen LogP contribution in [-0.2, 0) is 9.59 Å². The predicted molar refractivity (Wildman–Crippen MR) is 86.7 cm³/mol. The normalized spacial score (nSPS) is 19.6. The van der Waals surface area contributed by atoms with Crippen molar-refractivity contribution in [2.45, 2.75) is 35.3 Å². The van der Waals surface area contributed by atoms with Gasteiger partial charge in [0.1, 0.15) is 5.71 Å². The van der Waals surface area contributed by atoms with Crippen LogP contribution in [0.1, 0.15) is 25.7 Å². The molecule has 0 bridgehead atoms. The van der Waals surface area contributed by atoms with Crippen molar-refractivity contribution >= 4 is 29.3 Å². The standard InChI is InChI=1S/C16H19N3O2S/c1-19-14(20)8-7-13(18-19)15(21)17-11-16(9-10-16)22-12-5-3-2-4-6-12/h2-6H,7-11H2,1H3,(H,17,21). The maximum absolute atomic E-state index is 12.2. The zero-order chi connectivity index (χ0) is 15.6. The smallest absolute Gasteiger partial charge is 0.267 e. The Balaban J connectivity index is 1.55. The Labute approximate surface area is 134 Å². The van der Waals surface area contributed by atoms with E-state index in [4.69, 9.17) is 0 Å². The molecule has 0 spiro atoms. The number of hydrogen-bond donors (Lipinski definition) is 1. The molecule has 1 saturated carbocycles. The van der Waals surface area contributed by atoms with Gasteiger partial charge in [0.05, 0.1) is 0 Å². The number of hydrogen-bond acceptors (Lipinski definition) is 4. The Bertz CT molecular complexity index is 611. The summed E-state index contributed by atoms with van der Waals surface area (Å²) in [6, 6.07) is 10.3. The largest absolute Gasteiger partial charge is 0.350 e. The molecule has 0 radical (unpaired) electrons. The minimum Gasteiger partial charge on any atom is -0.350 e. The highest BCUT2D eigenvalue weighted by atomic mass is 32.2. The second-order valence-corrected chi connectivity index (χ2v) is 7.29. The fourth-order valence-electron chi connectivity index (χ4n) is 2.37. The fourth-order valence-corrected chi connectivity index (χ4v) is 3.61. The van der Waals surface area contributed by atoms with E-state index in [1.165, 1.54) is 9.90 Å². The molecule has 1 heterocycles. The summed E-state index contributed by atoms with van der Waals surface area (Å²) in [7, 11) is 1.59. The van der Waals surface area contributed by atoms with E-state index in [1.54, 1.807) is 7.05 Å². The lowest BCUT2D eigenvalue weighted by Crippen LogP contribution is -2.40. The number of amides is 2. The van der Waals surface area contributed by atoms with E-state index in [-0.39, 0.29) is 16.6 Å². The van der Waals surface area contributed by atoms with Gasteiger partial charge in [0.15, 0.2) is 0 Å². The van der Waals surface area contributed by atoms with E-state index in [0.29, 0.717) is 25.1 Å². The van der Waals surface area contributed by atoms with Crippen LogP contribution in [-0.4, -0.2) is 40.9 Å². The molecular weight excluding hydrogens is 298 g/mol. The van der Waals surface area contributed by atoms with Crippen molar-refractivity contribution in [1.82, 2.24) is 10.3 Å². The van der Waals surface area contributed by atoms with E-state index in [9.17, 15) is 9.59 Å². The Morgan fingerprint density at radius 1 is 1.32 bits per heavy atom. The quantitative estimate of drug-likeness (QED) is 0.904. The van der Waals surface area contributed by atoms with Gasteiger partial charge in [-0.15, -0.1) is 11.8 Å². The molecular formula is C16H19N3O2S. The van der Waals surface area contributed by atoms with Crippen molar-refractivity contribution < 1.29 is 9.59 Å². The number of thioether (sulfide) groups is 1. The Morgan fingerprint density at radius 3 is 2.68 bits per heavy atom. The summed E-state index contributed by atoms with van der Waals surface area (Å²) in [5, 5.41) is 8.29. The van der Waals surface area contributed by atoms with Gasteiger partial charge in [0.2, 0.25) is 5.91 Å². The third-order valence-electron chi connectivity index (χ3n) is 3.93. The van der Waals surface area contributed by atoms with Crippen LogP contribution in [0, 0.1) is 0 Å². The minimum absolute atomic E-state index is 0.0464. The lowest BCUT2D eigenvalue weighted by atomic mass is 10.1. The van der Waals surface area contributed by atoms with Crippen molar-refractivity contribution in [3.8, 4) is 0 Å². The van der Waals surface area contributed by atoms with Crippen molar-refractivity contribution in [1.29, 1.82) is 0 Å². The van der Waals surface area contributed by atoms with Gasteiger partial charge in [-0.1, -0.05) is 18.2 Å². The lowest BCUT2D eigenvalue weighted by molar-refractivity contribution is -0.130. The molecule has 1 aromatic carbocycles. The van der Waals surface area contributed by atoms with E-state index < -0.39 is 0 Å². The predicted octanol–water partition coefficient (Wildman–Crippen LogP) is 2.04. The molecule has 22 heavy (non-hydrogen) atoms. The summed E-state index contributed by atoms with van der Waals surface area (Å²) >= 11 is 1.83. The van der Waals surface area contributed by atoms with E-state index in [2.05, 4.69) is 22.6 Å². The summed E-state index contributed by atoms with van der Waals surface area (Å²) in [6.45, 7) is 0.641. The van der Waals surface area contributed by atoms with Gasteiger partial charge in [-0.3, -0.25) is 9.59 Å². The number of carbonyl (C=O) groups is 2. The highest BCUT2D eigenvalue weighted by molar-refractivity contribution is 8.01. The van der Waals surface area contributed by atoms with Crippen molar-refractivity contribution in [3.63, 3.8) is 0 Å². The van der Waals surface area contributed by atoms with Crippen LogP contribution >= 0.6 is 11.8 Å². The number of nitrogens with one attached hydrogen (secondary N) is 1. The Hall–Kier alpha value is -1.82. The minimum atomic E-state index is -0.153. The Kier molecular flexibility index (Phi) is 4.20. The summed E-state index contributed by atoms with van der Waals surface area (Å²) in [4.78, 5) is 24.8. The second kappa shape index (κ2) is 6.12. The first-order chi connectivity index (χ1) is 10.6. The Morgan fingerprint density at radius 2 is 2.05 bits per heavy atom. The van der Waals surface area contributed by atoms with Crippen molar-refractivity contribution in [2.75, 3.05) is 13.6 Å². The van der Waals surface area contributed by atoms with Gasteiger partial charge in [-0.2, -0.15) is 5.10 Å². The van der Waals surface area contributed by atoms with Gasteiger partial charge in [-0.25, -0.2) is 5.01 Å². The van der Waals surface area contributed by atoms with Gasteiger partial charge in [0, 0.05) is 36.1 Å². The number of nitrogens with zero attached hydrogens (tertiary/aromatic N) is 2. The monoisotopic (exact) mass is 317 g/mol. The first-order valence-electron chi connectivity index (χ1n) is 7.44. The number of carbonyl (C=O) groups excluding carboxylic acids is 2. The van der Waals surface area contributed by atoms with E-state index in [1.807, 2.05) is 30.0 Å². The van der Waals surface area contributed by atoms with Crippen LogP contribution in [0.4, 0.5) is 0 Å². The number of rotatable bonds is 5. The first-order valence-corrected chi connectivity index (χ1v) is 8.26. The van der Waals surface area contributed by atoms with Gasteiger partial charge in [-0.05, 0) is 25.0 Å². The fraction of sp³-hybridized carbons (Fsp3) is 0.438. The van der Waals surface area contributed by atoms with Crippen LogP contribution in [0.5, 0.6) is 0 Å². The molecule has 2 aliphatic rings. The average Bonchev–Trinajstić information content (AvgIpc) is 3.28. The zero-order valence-corrected chi connectivity index (χ0v) is 13.4. The summed E-state index contributed by atoms with van der Waals surface area (Å²) in [6.07, 6.45) is 3.00. The molecule has 1 aliphatic carbocycles. The molecule has 0 unspecified atom stereocenters. The molecule has 0 atom stereocenters. The SMILES string of the molecule is CN1N=C(C(=O)NCC2(Sc3ccccc3)CC2)CCC1=O. The second-order valence-electron chi connectivity index (χ2n) is 5.74. The lowest BCUT2D eigenvalue weighted by Gasteiger charge is -2.20. The van der Waals surface area contributed by atoms with Crippen molar-refractivity contribution in [2.24, 2.45) is 5.10 Å². The number of hydrazone groups is 1. The molecule has 1 aliphatic heterocycles. The highest BCUT2D eigenvalue weighted by Gasteiger charge is 2.44. The first kappa shape index (κ1) is 15.1. The van der Waals surface area contributed by atoms with Gasteiger partial charge < -0.3 is 5.32 Å². The van der Waals surface area contributed by atoms with Crippen LogP contribution in [0.25, 0.3) is 0 Å². The summed E-state index contributed by atoms with van der Waals surface area (Å²) in [5.41, 5.74) is 0.447. The topological polar surface area (TPSA) is 61.8 Å². The molecule has 0 saturated heterocycles. The molecule has 6 heteroatoms. The molecule has 3 rings (SSSR count). The average molecular weight is 317 g/mol. The van der Waals surface area contributed by atoms with E-state index >= 15 is 0 Å².